The van der Waals surface area contributed by atoms with Gasteiger partial charge in [0, 0.05) is 0 Å². The van der Waals surface area contributed by atoms with E-state index < -0.39 is 0 Å². The molecule has 1 nitrogen and oxygen atoms in total. The molecule has 0 aromatic heterocycles. The summed E-state index contributed by atoms with van der Waals surface area (Å²) in [5.74, 6) is 0. The molecule has 0 aliphatic carbocycles. The zero-order valence-electron chi connectivity index (χ0n) is 3.45. The fourth-order valence-corrected chi connectivity index (χ4v) is 0. The standard InChI is InChI=1S/C3H9N.Ca.K.Na.4H/c1-4(2)3;;;;;;;/h1-3H3;;;;;;;. The van der Waals surface area contributed by atoms with E-state index in [-0.39, 0.29) is 119 Å². The second kappa shape index (κ2) is 16.4. The van der Waals surface area contributed by atoms with Gasteiger partial charge in [-0.15, -0.1) is 0 Å². The predicted octanol–water partition coefficient (Wildman–Crippen LogP) is -2.04. The molecular formula is C3H13CaKNNa. The molecule has 0 fully saturated rings. The van der Waals surface area contributed by atoms with Crippen LogP contribution in [0.2, 0.25) is 0 Å². The fourth-order valence-electron chi connectivity index (χ4n) is 0. The monoisotopic (exact) mass is 165 g/mol. The topological polar surface area (TPSA) is 3.24 Å². The van der Waals surface area contributed by atoms with Gasteiger partial charge in [-0.1, -0.05) is 0 Å². The van der Waals surface area contributed by atoms with Crippen LogP contribution >= 0.6 is 0 Å². The first-order chi connectivity index (χ1) is 1.73. The van der Waals surface area contributed by atoms with E-state index in [0.717, 1.165) is 0 Å². The van der Waals surface area contributed by atoms with Crippen molar-refractivity contribution in [3.63, 3.8) is 0 Å². The molecule has 0 aromatic rings. The Balaban J connectivity index is -0.0000000150. The molecule has 0 aliphatic heterocycles. The molecule has 0 aromatic carbocycles. The minimum atomic E-state index is 0. The van der Waals surface area contributed by atoms with Crippen LogP contribution in [-0.2, 0) is 0 Å². The van der Waals surface area contributed by atoms with Gasteiger partial charge < -0.3 is 4.90 Å². The minimum absolute atomic E-state index is 0. The molecule has 0 spiro atoms. The number of nitrogens with zero attached hydrogens (tertiary/aromatic N) is 1. The molecule has 0 saturated heterocycles. The molecule has 0 aliphatic rings. The van der Waals surface area contributed by atoms with Gasteiger partial charge in [0.05, 0.1) is 0 Å². The van der Waals surface area contributed by atoms with Gasteiger partial charge in [0.1, 0.15) is 0 Å². The van der Waals surface area contributed by atoms with Crippen LogP contribution in [0.15, 0.2) is 0 Å². The Labute approximate surface area is 141 Å². The van der Waals surface area contributed by atoms with E-state index in [9.17, 15) is 0 Å². The Kier molecular flexibility index (Phi) is 52.7. The average Bonchev–Trinajstić information content (AvgIpc) is 0.811. The van der Waals surface area contributed by atoms with Crippen LogP contribution in [0.1, 0.15) is 0 Å². The molecule has 0 bridgehead atoms. The van der Waals surface area contributed by atoms with Gasteiger partial charge in [-0.2, -0.15) is 0 Å². The van der Waals surface area contributed by atoms with Gasteiger partial charge in [-0.3, -0.25) is 0 Å². The van der Waals surface area contributed by atoms with E-state index >= 15 is 0 Å². The third-order valence-corrected chi connectivity index (χ3v) is 0. The van der Waals surface area contributed by atoms with Gasteiger partial charge in [-0.05, 0) is 21.1 Å². The summed E-state index contributed by atoms with van der Waals surface area (Å²) in [4.78, 5) is 2.00. The molecule has 0 rings (SSSR count). The molecule has 0 heterocycles. The Bertz CT molecular complexity index is 19.7. The van der Waals surface area contributed by atoms with Crippen molar-refractivity contribution in [2.24, 2.45) is 0 Å². The predicted molar refractivity (Wildman–Crippen MR) is 42.5 cm³/mol. The molecule has 0 radical (unpaired) electrons. The van der Waals surface area contributed by atoms with Crippen LogP contribution in [0.25, 0.3) is 0 Å². The van der Waals surface area contributed by atoms with Crippen LogP contribution < -0.4 is 0 Å². The van der Waals surface area contributed by atoms with Crippen molar-refractivity contribution in [2.75, 3.05) is 21.1 Å². The van der Waals surface area contributed by atoms with Gasteiger partial charge in [0.2, 0.25) is 0 Å². The normalized spacial score (nSPS) is 5.14. The average molecular weight is 165 g/mol. The Morgan fingerprint density at radius 3 is 1.00 bits per heavy atom. The van der Waals surface area contributed by atoms with Crippen LogP contribution in [0.4, 0.5) is 0 Å². The fraction of sp³-hybridized carbons (Fsp3) is 1.00. The van der Waals surface area contributed by atoms with E-state index in [4.69, 9.17) is 0 Å². The summed E-state index contributed by atoms with van der Waals surface area (Å²) in [7, 11) is 6.00. The molecule has 7 heavy (non-hydrogen) atoms. The van der Waals surface area contributed by atoms with Crippen molar-refractivity contribution in [2.45, 2.75) is 0 Å². The van der Waals surface area contributed by atoms with Gasteiger partial charge >= 0.3 is 119 Å². The number of rotatable bonds is 0. The Morgan fingerprint density at radius 1 is 1.00 bits per heavy atom. The molecule has 0 atom stereocenters. The van der Waals surface area contributed by atoms with Gasteiger partial charge in [-0.25, -0.2) is 0 Å². The van der Waals surface area contributed by atoms with Crippen molar-refractivity contribution in [3.05, 3.63) is 0 Å². The van der Waals surface area contributed by atoms with E-state index in [1.54, 1.807) is 0 Å². The van der Waals surface area contributed by atoms with Crippen molar-refractivity contribution in [1.29, 1.82) is 0 Å². The van der Waals surface area contributed by atoms with Crippen molar-refractivity contribution in [3.8, 4) is 0 Å². The summed E-state index contributed by atoms with van der Waals surface area (Å²) >= 11 is 0. The molecule has 34 valence electrons. The molecule has 0 N–H and O–H groups in total. The Hall–Kier alpha value is 3.86. The van der Waals surface area contributed by atoms with E-state index in [1.165, 1.54) is 0 Å². The SMILES string of the molecule is CN(C)C.[CaH2].[KH].[NaH]. The van der Waals surface area contributed by atoms with Crippen LogP contribution in [0.3, 0.4) is 0 Å². The maximum absolute atomic E-state index is 2.00. The van der Waals surface area contributed by atoms with Gasteiger partial charge in [0.15, 0.2) is 0 Å². The quantitative estimate of drug-likeness (QED) is 0.374. The van der Waals surface area contributed by atoms with Crippen molar-refractivity contribution >= 4 is 119 Å². The summed E-state index contributed by atoms with van der Waals surface area (Å²) in [5, 5.41) is 0. The van der Waals surface area contributed by atoms with E-state index in [1.807, 2.05) is 26.0 Å². The third-order valence-electron chi connectivity index (χ3n) is 0. The second-order valence-electron chi connectivity index (χ2n) is 1.34. The first kappa shape index (κ1) is 22.4. The summed E-state index contributed by atoms with van der Waals surface area (Å²) in [5.41, 5.74) is 0. The summed E-state index contributed by atoms with van der Waals surface area (Å²) in [6, 6.07) is 0. The van der Waals surface area contributed by atoms with Crippen LogP contribution in [0, 0.1) is 0 Å². The molecular weight excluding hydrogens is 152 g/mol. The molecule has 0 unspecified atom stereocenters. The summed E-state index contributed by atoms with van der Waals surface area (Å²) < 4.78 is 0. The summed E-state index contributed by atoms with van der Waals surface area (Å²) in [6.45, 7) is 0. The van der Waals surface area contributed by atoms with Crippen LogP contribution in [-0.4, -0.2) is 145 Å². The maximum atomic E-state index is 2.00. The first-order valence-corrected chi connectivity index (χ1v) is 1.34. The van der Waals surface area contributed by atoms with Gasteiger partial charge in [0.25, 0.3) is 0 Å². The van der Waals surface area contributed by atoms with Crippen molar-refractivity contribution in [1.82, 2.24) is 4.90 Å². The van der Waals surface area contributed by atoms with Crippen LogP contribution in [0.5, 0.6) is 0 Å². The van der Waals surface area contributed by atoms with E-state index in [0.29, 0.717) is 0 Å². The number of hydrogen-bond donors (Lipinski definition) is 0. The second-order valence-corrected chi connectivity index (χ2v) is 1.34. The summed E-state index contributed by atoms with van der Waals surface area (Å²) in [6.07, 6.45) is 0. The third kappa shape index (κ3) is 40.9. The van der Waals surface area contributed by atoms with E-state index in [2.05, 4.69) is 0 Å². The Morgan fingerprint density at radius 2 is 1.00 bits per heavy atom. The zero-order valence-corrected chi connectivity index (χ0v) is 3.45. The molecule has 0 saturated carbocycles. The number of hydrogen-bond acceptors (Lipinski definition) is 1. The molecule has 4 heteroatoms. The first-order valence-electron chi connectivity index (χ1n) is 1.34. The zero-order chi connectivity index (χ0) is 3.58. The molecule has 0 amide bonds. The van der Waals surface area contributed by atoms with Crippen molar-refractivity contribution < 1.29 is 0 Å².